The standard InChI is InChI=1S/C47H57FNO7PSi/c1-32(2)49-43-26-24-37(52-31-57(51,54-33(3)4)55-34(5)6)29-42(43)46(35-20-22-36(48)23-21-35)44(49)27-25-38-28-39(30-45(50)53-38)56-58(47(7,8)9,40-16-12-10-13-17-40)41-18-14-11-15-19-41/h10-27,29,32-34,38-39H,28,30-31H2,1-9H3/b27-25+/t38-,39-/m1/s1. The van der Waals surface area contributed by atoms with E-state index in [1.54, 1.807) is 39.8 Å². The Morgan fingerprint density at radius 2 is 1.45 bits per heavy atom. The van der Waals surface area contributed by atoms with Crippen LogP contribution in [0.5, 0.6) is 5.75 Å². The molecule has 0 bridgehead atoms. The molecule has 1 aliphatic rings. The van der Waals surface area contributed by atoms with E-state index in [9.17, 15) is 13.8 Å². The number of rotatable bonds is 15. The van der Waals surface area contributed by atoms with Crippen LogP contribution >= 0.6 is 7.60 Å². The summed E-state index contributed by atoms with van der Waals surface area (Å²) >= 11 is 0. The summed E-state index contributed by atoms with van der Waals surface area (Å²) in [6.07, 6.45) is 2.74. The van der Waals surface area contributed by atoms with E-state index in [2.05, 4.69) is 87.7 Å². The molecular formula is C47H57FNO7PSi. The molecular weight excluding hydrogens is 769 g/mol. The van der Waals surface area contributed by atoms with Crippen LogP contribution in [0.3, 0.4) is 0 Å². The molecule has 5 aromatic rings. The Bertz CT molecular complexity index is 2190. The monoisotopic (exact) mass is 825 g/mol. The summed E-state index contributed by atoms with van der Waals surface area (Å²) in [7, 11) is -6.52. The highest BCUT2D eigenvalue weighted by Crippen LogP contribution is 2.51. The molecule has 0 N–H and O–H groups in total. The zero-order chi connectivity index (χ0) is 41.8. The molecule has 0 saturated carbocycles. The third-order valence-corrected chi connectivity index (χ3v) is 17.2. The van der Waals surface area contributed by atoms with Crippen molar-refractivity contribution >= 4 is 49.2 Å². The van der Waals surface area contributed by atoms with E-state index in [1.165, 1.54) is 12.1 Å². The van der Waals surface area contributed by atoms with Crippen molar-refractivity contribution in [2.45, 2.75) is 111 Å². The highest BCUT2D eigenvalue weighted by atomic mass is 31.2. The van der Waals surface area contributed by atoms with E-state index in [0.29, 0.717) is 12.2 Å². The Balaban J connectivity index is 1.39. The zero-order valence-electron chi connectivity index (χ0n) is 35.1. The number of hydrogen-bond donors (Lipinski definition) is 0. The van der Waals surface area contributed by atoms with Crippen molar-refractivity contribution in [3.8, 4) is 16.9 Å². The number of carbonyl (C=O) groups excluding carboxylic acids is 1. The average Bonchev–Trinajstić information content (AvgIpc) is 3.48. The zero-order valence-corrected chi connectivity index (χ0v) is 37.0. The summed E-state index contributed by atoms with van der Waals surface area (Å²) in [5.41, 5.74) is 3.44. The van der Waals surface area contributed by atoms with Crippen LogP contribution in [-0.2, 0) is 27.6 Å². The number of fused-ring (bicyclic) bond motifs is 1. The van der Waals surface area contributed by atoms with Gasteiger partial charge in [0, 0.05) is 34.6 Å². The Morgan fingerprint density at radius 3 is 1.98 bits per heavy atom. The first-order valence-corrected chi connectivity index (χ1v) is 23.8. The largest absolute Gasteiger partial charge is 0.481 e. The highest BCUT2D eigenvalue weighted by Gasteiger charge is 2.52. The summed E-state index contributed by atoms with van der Waals surface area (Å²) in [6, 6.07) is 33.0. The van der Waals surface area contributed by atoms with Crippen molar-refractivity contribution in [3.63, 3.8) is 0 Å². The number of carbonyl (C=O) groups is 1. The second kappa shape index (κ2) is 17.9. The number of ether oxygens (including phenoxy) is 2. The van der Waals surface area contributed by atoms with Crippen molar-refractivity contribution < 1.29 is 36.7 Å². The molecule has 11 heteroatoms. The third-order valence-electron chi connectivity index (χ3n) is 10.2. The van der Waals surface area contributed by atoms with Crippen molar-refractivity contribution in [1.29, 1.82) is 0 Å². The predicted octanol–water partition coefficient (Wildman–Crippen LogP) is 11.1. The van der Waals surface area contributed by atoms with Crippen molar-refractivity contribution in [1.82, 2.24) is 4.57 Å². The Morgan fingerprint density at radius 1 is 0.862 bits per heavy atom. The molecule has 0 spiro atoms. The molecule has 1 saturated heterocycles. The van der Waals surface area contributed by atoms with Gasteiger partial charge in [0.1, 0.15) is 17.7 Å². The van der Waals surface area contributed by atoms with Crippen LogP contribution < -0.4 is 15.1 Å². The summed E-state index contributed by atoms with van der Waals surface area (Å²) in [4.78, 5) is 13.4. The molecule has 1 fully saturated rings. The second-order valence-electron chi connectivity index (χ2n) is 16.8. The minimum atomic E-state index is -3.58. The molecule has 6 rings (SSSR count). The molecule has 58 heavy (non-hydrogen) atoms. The number of esters is 1. The van der Waals surface area contributed by atoms with Gasteiger partial charge in [0.15, 0.2) is 6.35 Å². The van der Waals surface area contributed by atoms with Gasteiger partial charge in [-0.1, -0.05) is 93.6 Å². The number of nitrogens with zero attached hydrogens (tertiary/aromatic N) is 1. The summed E-state index contributed by atoms with van der Waals surface area (Å²) in [6.45, 7) is 18.1. The van der Waals surface area contributed by atoms with Crippen LogP contribution in [-0.4, -0.2) is 49.6 Å². The van der Waals surface area contributed by atoms with Crippen LogP contribution in [0.1, 0.15) is 86.9 Å². The van der Waals surface area contributed by atoms with Gasteiger partial charge in [0.05, 0.1) is 24.7 Å². The fourth-order valence-electron chi connectivity index (χ4n) is 8.07. The molecule has 4 aromatic carbocycles. The minimum absolute atomic E-state index is 0.0161. The molecule has 2 atom stereocenters. The smallest absolute Gasteiger partial charge is 0.368 e. The molecule has 1 aliphatic heterocycles. The first kappa shape index (κ1) is 43.3. The van der Waals surface area contributed by atoms with Crippen LogP contribution in [0.4, 0.5) is 4.39 Å². The van der Waals surface area contributed by atoms with Crippen molar-refractivity contribution in [2.24, 2.45) is 0 Å². The van der Waals surface area contributed by atoms with Gasteiger partial charge in [0.2, 0.25) is 0 Å². The van der Waals surface area contributed by atoms with E-state index < -0.39 is 22.0 Å². The maximum Gasteiger partial charge on any atom is 0.368 e. The maximum atomic E-state index is 14.3. The third kappa shape index (κ3) is 9.59. The molecule has 1 aromatic heterocycles. The van der Waals surface area contributed by atoms with Gasteiger partial charge < -0.3 is 27.5 Å². The second-order valence-corrected chi connectivity index (χ2v) is 23.0. The minimum Gasteiger partial charge on any atom is -0.481 e. The molecule has 0 unspecified atom stereocenters. The fraction of sp³-hybridized carbons (Fsp3) is 0.383. The lowest BCUT2D eigenvalue weighted by molar-refractivity contribution is -0.155. The molecule has 0 radical (unpaired) electrons. The van der Waals surface area contributed by atoms with E-state index in [1.807, 2.05) is 42.5 Å². The molecule has 8 nitrogen and oxygen atoms in total. The SMILES string of the molecule is CC(C)OP(=O)(COc1ccc2c(c1)c(-c1ccc(F)cc1)c(/C=C/[C@@H]1C[C@@H](O[Si](c3ccccc3)(c3ccccc3)C(C)(C)C)CC(=O)O1)n2C(C)C)OC(C)C. The lowest BCUT2D eigenvalue weighted by Gasteiger charge is -2.46. The number of halogens is 1. The van der Waals surface area contributed by atoms with Gasteiger partial charge in [-0.2, -0.15) is 0 Å². The van der Waals surface area contributed by atoms with E-state index >= 15 is 0 Å². The summed E-state index contributed by atoms with van der Waals surface area (Å²) in [5, 5.41) is 2.90. The van der Waals surface area contributed by atoms with Crippen molar-refractivity contribution in [2.75, 3.05) is 6.35 Å². The fourth-order valence-corrected chi connectivity index (χ4v) is 14.5. The van der Waals surface area contributed by atoms with Gasteiger partial charge in [0.25, 0.3) is 8.32 Å². The summed E-state index contributed by atoms with van der Waals surface area (Å²) < 4.78 is 61.2. The van der Waals surface area contributed by atoms with E-state index in [4.69, 9.17) is 22.9 Å². The predicted molar refractivity (Wildman–Crippen MR) is 234 cm³/mol. The quantitative estimate of drug-likeness (QED) is 0.0590. The Hall–Kier alpha value is -4.31. The van der Waals surface area contributed by atoms with Gasteiger partial charge in [-0.3, -0.25) is 9.36 Å². The molecule has 0 aliphatic carbocycles. The lowest BCUT2D eigenvalue weighted by atomic mass is 10.00. The number of aromatic nitrogens is 1. The van der Waals surface area contributed by atoms with Gasteiger partial charge >= 0.3 is 13.6 Å². The summed E-state index contributed by atoms with van der Waals surface area (Å²) in [5.74, 6) is -0.171. The van der Waals surface area contributed by atoms with Crippen molar-refractivity contribution in [3.05, 3.63) is 121 Å². The molecule has 308 valence electrons. The maximum absolute atomic E-state index is 14.3. The van der Waals surface area contributed by atoms with Gasteiger partial charge in [-0.25, -0.2) is 4.39 Å². The van der Waals surface area contributed by atoms with Crippen LogP contribution in [0.2, 0.25) is 5.04 Å². The number of cyclic esters (lactones) is 1. The first-order chi connectivity index (χ1) is 27.5. The van der Waals surface area contributed by atoms with E-state index in [-0.39, 0.29) is 53.9 Å². The molecule has 2 heterocycles. The van der Waals surface area contributed by atoms with Crippen LogP contribution in [0, 0.1) is 5.82 Å². The number of hydrogen-bond acceptors (Lipinski definition) is 7. The van der Waals surface area contributed by atoms with E-state index in [0.717, 1.165) is 38.1 Å². The number of benzene rings is 4. The lowest BCUT2D eigenvalue weighted by Crippen LogP contribution is -2.68. The topological polar surface area (TPSA) is 85.2 Å². The molecule has 0 amide bonds. The van der Waals surface area contributed by atoms with Gasteiger partial charge in [-0.15, -0.1) is 0 Å². The van der Waals surface area contributed by atoms with Gasteiger partial charge in [-0.05, 0) is 105 Å². The Kier molecular flexibility index (Phi) is 13.4. The normalized spacial score (nSPS) is 16.9. The highest BCUT2D eigenvalue weighted by molar-refractivity contribution is 7.53. The average molecular weight is 826 g/mol. The van der Waals surface area contributed by atoms with Crippen LogP contribution in [0.15, 0.2) is 109 Å². The first-order valence-electron chi connectivity index (χ1n) is 20.2. The van der Waals surface area contributed by atoms with Crippen LogP contribution in [0.25, 0.3) is 28.1 Å². The Labute approximate surface area is 344 Å².